The van der Waals surface area contributed by atoms with Crippen LogP contribution in [0.5, 0.6) is 0 Å². The van der Waals surface area contributed by atoms with Gasteiger partial charge < -0.3 is 5.32 Å². The topological polar surface area (TPSA) is 36.8 Å². The molecular formula is C21H17N3. The smallest absolute Gasteiger partial charge is 0.113 e. The van der Waals surface area contributed by atoms with Crippen LogP contribution in [0.3, 0.4) is 0 Å². The molecule has 0 bridgehead atoms. The Labute approximate surface area is 141 Å². The molecule has 1 heterocycles. The van der Waals surface area contributed by atoms with Gasteiger partial charge >= 0.3 is 0 Å². The van der Waals surface area contributed by atoms with Gasteiger partial charge in [-0.15, -0.1) is 0 Å². The maximum Gasteiger partial charge on any atom is 0.113 e. The fourth-order valence-electron chi connectivity index (χ4n) is 2.74. The van der Waals surface area contributed by atoms with E-state index in [2.05, 4.69) is 17.4 Å². The van der Waals surface area contributed by atoms with E-state index in [1.54, 1.807) is 0 Å². The van der Waals surface area contributed by atoms with Crippen LogP contribution in [-0.4, -0.2) is 11.5 Å². The molecule has 1 N–H and O–H groups in total. The number of hydrogen-bond acceptors (Lipinski definition) is 3. The molecule has 3 aromatic carbocycles. The molecule has 0 atom stereocenters. The van der Waals surface area contributed by atoms with Crippen LogP contribution in [0.4, 0.5) is 17.1 Å². The first-order chi connectivity index (χ1) is 11.9. The second kappa shape index (κ2) is 6.50. The third-order valence-corrected chi connectivity index (χ3v) is 3.90. The van der Waals surface area contributed by atoms with Crippen LogP contribution in [-0.2, 0) is 0 Å². The minimum absolute atomic E-state index is 0.660. The van der Waals surface area contributed by atoms with Gasteiger partial charge in [0, 0.05) is 12.1 Å². The van der Waals surface area contributed by atoms with E-state index in [0.717, 1.165) is 34.2 Å². The van der Waals surface area contributed by atoms with Crippen molar-refractivity contribution in [2.75, 3.05) is 5.32 Å². The first-order valence-electron chi connectivity index (χ1n) is 8.00. The van der Waals surface area contributed by atoms with Crippen molar-refractivity contribution >= 4 is 28.6 Å². The summed E-state index contributed by atoms with van der Waals surface area (Å²) >= 11 is 0. The van der Waals surface area contributed by atoms with Gasteiger partial charge in [-0.3, -0.25) is 4.99 Å². The Morgan fingerprint density at radius 2 is 1.21 bits per heavy atom. The Morgan fingerprint density at radius 3 is 1.92 bits per heavy atom. The quantitative estimate of drug-likeness (QED) is 0.680. The molecule has 0 aliphatic carbocycles. The summed E-state index contributed by atoms with van der Waals surface area (Å²) in [4.78, 5) is 9.66. The van der Waals surface area contributed by atoms with Crippen LogP contribution >= 0.6 is 0 Å². The average molecular weight is 311 g/mol. The summed E-state index contributed by atoms with van der Waals surface area (Å²) in [6.45, 7) is 0. The molecule has 1 aliphatic heterocycles. The summed E-state index contributed by atoms with van der Waals surface area (Å²) in [7, 11) is 0. The molecule has 0 radical (unpaired) electrons. The summed E-state index contributed by atoms with van der Waals surface area (Å²) in [6.07, 6.45) is 0.660. The Bertz CT molecular complexity index is 897. The van der Waals surface area contributed by atoms with Gasteiger partial charge in [0.2, 0.25) is 0 Å². The van der Waals surface area contributed by atoms with Gasteiger partial charge in [0.05, 0.1) is 17.1 Å². The van der Waals surface area contributed by atoms with Gasteiger partial charge in [0.25, 0.3) is 0 Å². The van der Waals surface area contributed by atoms with Gasteiger partial charge in [-0.05, 0) is 29.8 Å². The highest BCUT2D eigenvalue weighted by Crippen LogP contribution is 2.31. The van der Waals surface area contributed by atoms with Crippen molar-refractivity contribution in [3.63, 3.8) is 0 Å². The predicted molar refractivity (Wildman–Crippen MR) is 101 cm³/mol. The van der Waals surface area contributed by atoms with E-state index in [4.69, 9.17) is 9.98 Å². The number of anilines is 1. The number of amidine groups is 1. The third kappa shape index (κ3) is 3.10. The van der Waals surface area contributed by atoms with E-state index in [0.29, 0.717) is 6.42 Å². The summed E-state index contributed by atoms with van der Waals surface area (Å²) in [5.74, 6) is 0.897. The van der Waals surface area contributed by atoms with Crippen LogP contribution in [0.1, 0.15) is 12.0 Å². The summed E-state index contributed by atoms with van der Waals surface area (Å²) in [6, 6.07) is 28.4. The molecule has 1 aliphatic rings. The lowest BCUT2D eigenvalue weighted by molar-refractivity contribution is 1.43. The zero-order valence-corrected chi connectivity index (χ0v) is 13.2. The van der Waals surface area contributed by atoms with Crippen LogP contribution in [0.15, 0.2) is 94.9 Å². The number of nitrogens with one attached hydrogen (secondary N) is 1. The van der Waals surface area contributed by atoms with E-state index in [-0.39, 0.29) is 0 Å². The Kier molecular flexibility index (Phi) is 3.90. The molecule has 3 aromatic rings. The van der Waals surface area contributed by atoms with Crippen LogP contribution in [0, 0.1) is 0 Å². The van der Waals surface area contributed by atoms with Gasteiger partial charge in [0.15, 0.2) is 0 Å². The lowest BCUT2D eigenvalue weighted by atomic mass is 10.1. The van der Waals surface area contributed by atoms with Crippen molar-refractivity contribution in [2.45, 2.75) is 6.42 Å². The maximum atomic E-state index is 4.86. The molecule has 0 fully saturated rings. The standard InChI is InChI=1S/C21H17N3/c1-3-9-16(10-4-1)20-15-21(22-17-11-5-2-6-12-17)24-19-14-8-7-13-18(19)23-20/h1-14H,15H2,(H,22,24). The fourth-order valence-corrected chi connectivity index (χ4v) is 2.74. The molecule has 3 heteroatoms. The Morgan fingerprint density at radius 1 is 0.625 bits per heavy atom. The molecule has 0 unspecified atom stereocenters. The number of aliphatic imine (C=N–C) groups is 2. The van der Waals surface area contributed by atoms with Gasteiger partial charge in [0.1, 0.15) is 5.84 Å². The number of nitrogens with zero attached hydrogens (tertiary/aromatic N) is 2. The summed E-state index contributed by atoms with van der Waals surface area (Å²) < 4.78 is 0. The fraction of sp³-hybridized carbons (Fsp3) is 0.0476. The Balaban J connectivity index is 1.76. The van der Waals surface area contributed by atoms with Gasteiger partial charge in [-0.1, -0.05) is 60.7 Å². The molecule has 0 saturated carbocycles. The molecule has 24 heavy (non-hydrogen) atoms. The summed E-state index contributed by atoms with van der Waals surface area (Å²) in [5, 5.41) is 3.43. The monoisotopic (exact) mass is 311 g/mol. The highest BCUT2D eigenvalue weighted by Gasteiger charge is 2.14. The van der Waals surface area contributed by atoms with Crippen LogP contribution < -0.4 is 5.32 Å². The molecule has 0 spiro atoms. The van der Waals surface area contributed by atoms with Crippen molar-refractivity contribution in [3.05, 3.63) is 90.5 Å². The third-order valence-electron chi connectivity index (χ3n) is 3.90. The second-order valence-corrected chi connectivity index (χ2v) is 5.64. The van der Waals surface area contributed by atoms with E-state index >= 15 is 0 Å². The molecule has 3 nitrogen and oxygen atoms in total. The number of para-hydroxylation sites is 3. The molecular weight excluding hydrogens is 294 g/mol. The van der Waals surface area contributed by atoms with E-state index in [1.807, 2.05) is 72.8 Å². The first kappa shape index (κ1) is 14.4. The first-order valence-corrected chi connectivity index (χ1v) is 8.00. The number of hydrogen-bond donors (Lipinski definition) is 1. The zero-order valence-electron chi connectivity index (χ0n) is 13.2. The largest absolute Gasteiger partial charge is 0.343 e. The van der Waals surface area contributed by atoms with Crippen molar-refractivity contribution in [3.8, 4) is 0 Å². The highest BCUT2D eigenvalue weighted by molar-refractivity contribution is 6.18. The normalized spacial score (nSPS) is 13.3. The van der Waals surface area contributed by atoms with Gasteiger partial charge in [-0.2, -0.15) is 0 Å². The van der Waals surface area contributed by atoms with Gasteiger partial charge in [-0.25, -0.2) is 4.99 Å². The number of benzene rings is 3. The molecule has 4 rings (SSSR count). The van der Waals surface area contributed by atoms with E-state index in [9.17, 15) is 0 Å². The number of fused-ring (bicyclic) bond motifs is 1. The molecule has 0 aromatic heterocycles. The molecule has 116 valence electrons. The predicted octanol–water partition coefficient (Wildman–Crippen LogP) is 5.35. The summed E-state index contributed by atoms with van der Waals surface area (Å²) in [5.41, 5.74) is 4.96. The average Bonchev–Trinajstić information content (AvgIpc) is 2.82. The molecule has 0 amide bonds. The minimum Gasteiger partial charge on any atom is -0.343 e. The van der Waals surface area contributed by atoms with Crippen molar-refractivity contribution < 1.29 is 0 Å². The van der Waals surface area contributed by atoms with E-state index < -0.39 is 0 Å². The lowest BCUT2D eigenvalue weighted by Gasteiger charge is -2.10. The van der Waals surface area contributed by atoms with Crippen LogP contribution in [0.25, 0.3) is 0 Å². The van der Waals surface area contributed by atoms with Crippen LogP contribution in [0.2, 0.25) is 0 Å². The lowest BCUT2D eigenvalue weighted by Crippen LogP contribution is -2.16. The second-order valence-electron chi connectivity index (χ2n) is 5.64. The van der Waals surface area contributed by atoms with Crippen molar-refractivity contribution in [1.29, 1.82) is 0 Å². The maximum absolute atomic E-state index is 4.86. The Hall–Kier alpha value is -3.20. The van der Waals surface area contributed by atoms with Crippen molar-refractivity contribution in [2.24, 2.45) is 9.98 Å². The minimum atomic E-state index is 0.660. The zero-order chi connectivity index (χ0) is 16.2. The number of rotatable bonds is 2. The SMILES string of the molecule is c1ccc(NC2=Nc3ccccc3N=C(c3ccccc3)C2)cc1. The van der Waals surface area contributed by atoms with E-state index in [1.165, 1.54) is 0 Å². The molecule has 0 saturated heterocycles. The highest BCUT2D eigenvalue weighted by atomic mass is 15.0. The van der Waals surface area contributed by atoms with Crippen molar-refractivity contribution in [1.82, 2.24) is 0 Å².